The Hall–Kier alpha value is -1.47. The van der Waals surface area contributed by atoms with Gasteiger partial charge in [0.1, 0.15) is 5.54 Å². The standard InChI is InChI=1S/C20H26ClN3O3/c1-13(2)8-22-11-20(12-22)19(27)23(9-14-4-3-5-15(21)6-14)18(26)17-7-16(25)10-24(17)20/h3-6,13,16-17,25H,7-12H2,1-2H3/t16-,17+/m1/s1. The minimum absolute atomic E-state index is 0.141. The number of β-amino-alcohol motifs (C(OH)–C–C–N with tert-alkyl or cyclic N) is 1. The van der Waals surface area contributed by atoms with Crippen LogP contribution in [0, 0.1) is 5.92 Å². The molecule has 1 aromatic rings. The maximum atomic E-state index is 13.4. The van der Waals surface area contributed by atoms with Crippen molar-refractivity contribution in [2.45, 2.75) is 44.5 Å². The molecule has 0 saturated carbocycles. The zero-order chi connectivity index (χ0) is 19.3. The summed E-state index contributed by atoms with van der Waals surface area (Å²) in [7, 11) is 0. The van der Waals surface area contributed by atoms with Crippen LogP contribution in [0.1, 0.15) is 25.8 Å². The number of fused-ring (bicyclic) bond motifs is 2. The van der Waals surface area contributed by atoms with E-state index < -0.39 is 17.7 Å². The van der Waals surface area contributed by atoms with Crippen LogP contribution in [0.15, 0.2) is 24.3 Å². The molecule has 0 radical (unpaired) electrons. The van der Waals surface area contributed by atoms with Crippen LogP contribution < -0.4 is 0 Å². The second-order valence-electron chi connectivity index (χ2n) is 8.51. The van der Waals surface area contributed by atoms with E-state index in [2.05, 4.69) is 18.7 Å². The summed E-state index contributed by atoms with van der Waals surface area (Å²) < 4.78 is 0. The van der Waals surface area contributed by atoms with Gasteiger partial charge in [-0.3, -0.25) is 24.3 Å². The second-order valence-corrected chi connectivity index (χ2v) is 8.95. The molecule has 0 unspecified atom stereocenters. The number of rotatable bonds is 4. The van der Waals surface area contributed by atoms with Gasteiger partial charge in [-0.15, -0.1) is 0 Å². The van der Waals surface area contributed by atoms with Crippen molar-refractivity contribution in [3.8, 4) is 0 Å². The molecule has 6 nitrogen and oxygen atoms in total. The zero-order valence-corrected chi connectivity index (χ0v) is 16.5. The number of hydrogen-bond acceptors (Lipinski definition) is 5. The van der Waals surface area contributed by atoms with Gasteiger partial charge in [-0.05, 0) is 30.0 Å². The van der Waals surface area contributed by atoms with Crippen LogP contribution in [0.3, 0.4) is 0 Å². The van der Waals surface area contributed by atoms with E-state index in [-0.39, 0.29) is 18.4 Å². The maximum Gasteiger partial charge on any atom is 0.252 e. The summed E-state index contributed by atoms with van der Waals surface area (Å²) in [6, 6.07) is 6.85. The number of carbonyl (C=O) groups is 2. The van der Waals surface area contributed by atoms with Gasteiger partial charge in [0.15, 0.2) is 0 Å². The van der Waals surface area contributed by atoms with E-state index >= 15 is 0 Å². The smallest absolute Gasteiger partial charge is 0.252 e. The number of imide groups is 1. The Kier molecular flexibility index (Phi) is 4.79. The fraction of sp³-hybridized carbons (Fsp3) is 0.600. The predicted octanol–water partition coefficient (Wildman–Crippen LogP) is 1.35. The number of likely N-dealkylation sites (tertiary alicyclic amines) is 1. The third-order valence-corrected chi connectivity index (χ3v) is 6.08. The highest BCUT2D eigenvalue weighted by Gasteiger charge is 2.64. The lowest BCUT2D eigenvalue weighted by atomic mass is 9.82. The normalized spacial score (nSPS) is 28.1. The topological polar surface area (TPSA) is 64.1 Å². The van der Waals surface area contributed by atoms with Crippen molar-refractivity contribution in [1.29, 1.82) is 0 Å². The molecule has 1 aromatic carbocycles. The van der Waals surface area contributed by atoms with Crippen LogP contribution >= 0.6 is 11.6 Å². The second kappa shape index (κ2) is 6.85. The highest BCUT2D eigenvalue weighted by atomic mass is 35.5. The summed E-state index contributed by atoms with van der Waals surface area (Å²) in [4.78, 5) is 32.1. The molecule has 0 aromatic heterocycles. The highest BCUT2D eigenvalue weighted by Crippen LogP contribution is 2.41. The average Bonchev–Trinajstić information content (AvgIpc) is 2.95. The Labute approximate surface area is 164 Å². The number of aliphatic hydroxyl groups is 1. The van der Waals surface area contributed by atoms with E-state index in [0.717, 1.165) is 12.1 Å². The maximum absolute atomic E-state index is 13.4. The number of benzene rings is 1. The van der Waals surface area contributed by atoms with Crippen molar-refractivity contribution in [2.24, 2.45) is 5.92 Å². The predicted molar refractivity (Wildman–Crippen MR) is 102 cm³/mol. The third kappa shape index (κ3) is 3.18. The van der Waals surface area contributed by atoms with Gasteiger partial charge < -0.3 is 5.11 Å². The zero-order valence-electron chi connectivity index (χ0n) is 15.8. The molecule has 27 heavy (non-hydrogen) atoms. The molecule has 1 spiro atoms. The lowest BCUT2D eigenvalue weighted by Gasteiger charge is -2.59. The molecule has 2 amide bonds. The Morgan fingerprint density at radius 3 is 2.70 bits per heavy atom. The van der Waals surface area contributed by atoms with Crippen LogP contribution in [-0.4, -0.2) is 75.5 Å². The molecular weight excluding hydrogens is 366 g/mol. The van der Waals surface area contributed by atoms with Crippen molar-refractivity contribution in [1.82, 2.24) is 14.7 Å². The van der Waals surface area contributed by atoms with Gasteiger partial charge in [0.25, 0.3) is 5.91 Å². The van der Waals surface area contributed by atoms with Crippen molar-refractivity contribution in [2.75, 3.05) is 26.2 Å². The van der Waals surface area contributed by atoms with E-state index in [1.807, 2.05) is 17.0 Å². The van der Waals surface area contributed by atoms with Gasteiger partial charge in [0.2, 0.25) is 5.91 Å². The fourth-order valence-corrected chi connectivity index (χ4v) is 5.01. The van der Waals surface area contributed by atoms with Crippen LogP contribution in [0.25, 0.3) is 0 Å². The molecule has 3 aliphatic heterocycles. The Morgan fingerprint density at radius 2 is 2.04 bits per heavy atom. The number of amides is 2. The molecule has 3 fully saturated rings. The van der Waals surface area contributed by atoms with Crippen molar-refractivity contribution in [3.05, 3.63) is 34.9 Å². The van der Waals surface area contributed by atoms with E-state index in [9.17, 15) is 14.7 Å². The number of aliphatic hydroxyl groups excluding tert-OH is 1. The lowest BCUT2D eigenvalue weighted by Crippen LogP contribution is -2.81. The minimum atomic E-state index is -0.691. The molecule has 146 valence electrons. The molecule has 3 aliphatic rings. The molecule has 3 heterocycles. The lowest BCUT2D eigenvalue weighted by molar-refractivity contribution is -0.181. The number of nitrogens with zero attached hydrogens (tertiary/aromatic N) is 3. The fourth-order valence-electron chi connectivity index (χ4n) is 4.80. The first-order valence-electron chi connectivity index (χ1n) is 9.57. The van der Waals surface area contributed by atoms with Crippen molar-refractivity contribution < 1.29 is 14.7 Å². The van der Waals surface area contributed by atoms with Crippen LogP contribution in [0.2, 0.25) is 5.02 Å². The van der Waals surface area contributed by atoms with Gasteiger partial charge in [-0.25, -0.2) is 0 Å². The highest BCUT2D eigenvalue weighted by molar-refractivity contribution is 6.30. The molecule has 2 atom stereocenters. The summed E-state index contributed by atoms with van der Waals surface area (Å²) in [5.74, 6) is 0.174. The van der Waals surface area contributed by atoms with E-state index in [0.29, 0.717) is 37.0 Å². The molecule has 1 N–H and O–H groups in total. The third-order valence-electron chi connectivity index (χ3n) is 5.85. The monoisotopic (exact) mass is 391 g/mol. The first kappa shape index (κ1) is 18.9. The Morgan fingerprint density at radius 1 is 1.30 bits per heavy atom. The SMILES string of the molecule is CC(C)CN1CC2(C1)C(=O)N(Cc1cccc(Cl)c1)C(=O)[C@@H]1C[C@@H](O)CN12. The summed E-state index contributed by atoms with van der Waals surface area (Å²) >= 11 is 6.07. The minimum Gasteiger partial charge on any atom is -0.392 e. The van der Waals surface area contributed by atoms with Gasteiger partial charge >= 0.3 is 0 Å². The molecule has 4 rings (SSSR count). The van der Waals surface area contributed by atoms with Gasteiger partial charge in [-0.2, -0.15) is 0 Å². The molecular formula is C20H26ClN3O3. The summed E-state index contributed by atoms with van der Waals surface area (Å²) in [6.07, 6.45) is -0.168. The number of piperazine rings is 1. The van der Waals surface area contributed by atoms with Crippen molar-refractivity contribution >= 4 is 23.4 Å². The van der Waals surface area contributed by atoms with E-state index in [1.165, 1.54) is 4.90 Å². The van der Waals surface area contributed by atoms with Crippen LogP contribution in [0.4, 0.5) is 0 Å². The number of hydrogen-bond donors (Lipinski definition) is 1. The summed E-state index contributed by atoms with van der Waals surface area (Å²) in [6.45, 7) is 7.10. The average molecular weight is 392 g/mol. The van der Waals surface area contributed by atoms with Gasteiger partial charge in [0.05, 0.1) is 18.7 Å². The van der Waals surface area contributed by atoms with Crippen molar-refractivity contribution in [3.63, 3.8) is 0 Å². The molecule has 3 saturated heterocycles. The molecule has 0 bridgehead atoms. The summed E-state index contributed by atoms with van der Waals surface area (Å²) in [5.41, 5.74) is 0.147. The largest absolute Gasteiger partial charge is 0.392 e. The van der Waals surface area contributed by atoms with Gasteiger partial charge in [0, 0.05) is 31.2 Å². The number of carbonyl (C=O) groups excluding carboxylic acids is 2. The first-order valence-corrected chi connectivity index (χ1v) is 9.95. The first-order chi connectivity index (χ1) is 12.8. The summed E-state index contributed by atoms with van der Waals surface area (Å²) in [5, 5.41) is 10.8. The quantitative estimate of drug-likeness (QED) is 0.785. The van der Waals surface area contributed by atoms with Gasteiger partial charge in [-0.1, -0.05) is 37.6 Å². The number of halogens is 1. The van der Waals surface area contributed by atoms with Crippen LogP contribution in [-0.2, 0) is 16.1 Å². The Balaban J connectivity index is 1.61. The van der Waals surface area contributed by atoms with E-state index in [1.54, 1.807) is 12.1 Å². The molecule has 7 heteroatoms. The van der Waals surface area contributed by atoms with Crippen LogP contribution in [0.5, 0.6) is 0 Å². The van der Waals surface area contributed by atoms with E-state index in [4.69, 9.17) is 11.6 Å². The Bertz CT molecular complexity index is 763. The molecule has 0 aliphatic carbocycles.